The Kier molecular flexibility index (Phi) is 7.16. The van der Waals surface area contributed by atoms with Crippen LogP contribution < -0.4 is 15.5 Å². The van der Waals surface area contributed by atoms with Gasteiger partial charge in [-0.3, -0.25) is 4.99 Å². The van der Waals surface area contributed by atoms with Gasteiger partial charge in [-0.2, -0.15) is 0 Å². The lowest BCUT2D eigenvalue weighted by atomic mass is 9.64. The van der Waals surface area contributed by atoms with E-state index in [1.54, 1.807) is 0 Å². The number of guanidine groups is 1. The van der Waals surface area contributed by atoms with Crippen LogP contribution in [0.1, 0.15) is 45.1 Å². The molecule has 0 spiro atoms. The standard InChI is InChI=1S/C22H38N6/c1-18(2)14-22(8-5-9-22)17-26-21(23-3)25-16-19-6-7-20(24-15-19)28-12-10-27(4)11-13-28/h6-7,15,18H,5,8-14,16-17H2,1-4H3,(H2,23,25,26). The molecule has 6 heteroatoms. The average molecular weight is 387 g/mol. The van der Waals surface area contributed by atoms with Crippen LogP contribution in [-0.2, 0) is 6.54 Å². The second kappa shape index (κ2) is 9.59. The zero-order valence-electron chi connectivity index (χ0n) is 18.2. The first kappa shape index (κ1) is 20.9. The molecule has 28 heavy (non-hydrogen) atoms. The van der Waals surface area contributed by atoms with Gasteiger partial charge in [0, 0.05) is 52.5 Å². The van der Waals surface area contributed by atoms with E-state index in [4.69, 9.17) is 0 Å². The SMILES string of the molecule is CN=C(NCc1ccc(N2CCN(C)CC2)nc1)NCC1(CC(C)C)CCC1. The summed E-state index contributed by atoms with van der Waals surface area (Å²) < 4.78 is 0. The van der Waals surface area contributed by atoms with Crippen molar-refractivity contribution in [3.63, 3.8) is 0 Å². The third kappa shape index (κ3) is 5.60. The fourth-order valence-electron chi connectivity index (χ4n) is 4.42. The molecule has 2 heterocycles. The minimum Gasteiger partial charge on any atom is -0.356 e. The fraction of sp³-hybridized carbons (Fsp3) is 0.727. The molecular weight excluding hydrogens is 348 g/mol. The van der Waals surface area contributed by atoms with Gasteiger partial charge in [-0.25, -0.2) is 4.98 Å². The molecule has 2 N–H and O–H groups in total. The molecule has 0 bridgehead atoms. The van der Waals surface area contributed by atoms with Gasteiger partial charge < -0.3 is 20.4 Å². The Morgan fingerprint density at radius 2 is 1.93 bits per heavy atom. The van der Waals surface area contributed by atoms with E-state index in [0.717, 1.165) is 57.0 Å². The van der Waals surface area contributed by atoms with Gasteiger partial charge >= 0.3 is 0 Å². The van der Waals surface area contributed by atoms with Crippen molar-refractivity contribution in [3.05, 3.63) is 23.9 Å². The third-order valence-electron chi connectivity index (χ3n) is 6.21. The number of piperazine rings is 1. The maximum atomic E-state index is 4.68. The van der Waals surface area contributed by atoms with Gasteiger partial charge in [-0.1, -0.05) is 26.3 Å². The molecule has 3 rings (SSSR count). The first-order valence-electron chi connectivity index (χ1n) is 10.8. The molecular formula is C22H38N6. The second-order valence-electron chi connectivity index (χ2n) is 9.05. The van der Waals surface area contributed by atoms with Gasteiger partial charge in [-0.05, 0) is 49.3 Å². The Bertz CT molecular complexity index is 627. The highest BCUT2D eigenvalue weighted by molar-refractivity contribution is 5.79. The lowest BCUT2D eigenvalue weighted by Gasteiger charge is -2.43. The van der Waals surface area contributed by atoms with Crippen molar-refractivity contribution < 1.29 is 0 Å². The Hall–Kier alpha value is -1.82. The number of nitrogens with one attached hydrogen (secondary N) is 2. The van der Waals surface area contributed by atoms with Gasteiger partial charge in [-0.15, -0.1) is 0 Å². The highest BCUT2D eigenvalue weighted by atomic mass is 15.3. The largest absolute Gasteiger partial charge is 0.356 e. The number of hydrogen-bond donors (Lipinski definition) is 2. The zero-order chi connectivity index (χ0) is 20.0. The molecule has 1 aromatic heterocycles. The van der Waals surface area contributed by atoms with Crippen molar-refractivity contribution in [3.8, 4) is 0 Å². The Morgan fingerprint density at radius 1 is 1.18 bits per heavy atom. The van der Waals surface area contributed by atoms with Crippen LogP contribution in [0.15, 0.2) is 23.3 Å². The minimum atomic E-state index is 0.470. The normalized spacial score (nSPS) is 20.2. The molecule has 1 aromatic rings. The van der Waals surface area contributed by atoms with E-state index in [1.807, 2.05) is 13.2 Å². The lowest BCUT2D eigenvalue weighted by molar-refractivity contribution is 0.104. The van der Waals surface area contributed by atoms with E-state index in [1.165, 1.54) is 31.2 Å². The van der Waals surface area contributed by atoms with Gasteiger partial charge in [0.25, 0.3) is 0 Å². The quantitative estimate of drug-likeness (QED) is 0.557. The summed E-state index contributed by atoms with van der Waals surface area (Å²) in [6, 6.07) is 4.32. The summed E-state index contributed by atoms with van der Waals surface area (Å²) >= 11 is 0. The first-order valence-corrected chi connectivity index (χ1v) is 10.8. The molecule has 0 radical (unpaired) electrons. The second-order valence-corrected chi connectivity index (χ2v) is 9.05. The number of pyridine rings is 1. The third-order valence-corrected chi connectivity index (χ3v) is 6.21. The van der Waals surface area contributed by atoms with Gasteiger partial charge in [0.2, 0.25) is 0 Å². The molecule has 1 aliphatic heterocycles. The molecule has 1 saturated heterocycles. The van der Waals surface area contributed by atoms with E-state index >= 15 is 0 Å². The molecule has 1 saturated carbocycles. The van der Waals surface area contributed by atoms with E-state index in [0.29, 0.717) is 5.41 Å². The first-order chi connectivity index (χ1) is 13.5. The van der Waals surface area contributed by atoms with Crippen molar-refractivity contribution in [2.75, 3.05) is 51.7 Å². The summed E-state index contributed by atoms with van der Waals surface area (Å²) in [6.07, 6.45) is 7.33. The number of likely N-dealkylation sites (N-methyl/N-ethyl adjacent to an activating group) is 1. The monoisotopic (exact) mass is 386 g/mol. The predicted molar refractivity (Wildman–Crippen MR) is 118 cm³/mol. The smallest absolute Gasteiger partial charge is 0.191 e. The Labute approximate surface area is 170 Å². The maximum absolute atomic E-state index is 4.68. The van der Waals surface area contributed by atoms with Crippen LogP contribution in [0, 0.1) is 11.3 Å². The van der Waals surface area contributed by atoms with Crippen LogP contribution in [0.3, 0.4) is 0 Å². The van der Waals surface area contributed by atoms with Crippen molar-refractivity contribution >= 4 is 11.8 Å². The van der Waals surface area contributed by atoms with Gasteiger partial charge in [0.1, 0.15) is 5.82 Å². The van der Waals surface area contributed by atoms with Crippen LogP contribution >= 0.6 is 0 Å². The highest BCUT2D eigenvalue weighted by Crippen LogP contribution is 2.45. The Balaban J connectivity index is 1.46. The summed E-state index contributed by atoms with van der Waals surface area (Å²) in [5.41, 5.74) is 1.65. The van der Waals surface area contributed by atoms with Crippen molar-refractivity contribution in [1.82, 2.24) is 20.5 Å². The van der Waals surface area contributed by atoms with Crippen LogP contribution in [0.5, 0.6) is 0 Å². The van der Waals surface area contributed by atoms with Crippen LogP contribution in [0.25, 0.3) is 0 Å². The topological polar surface area (TPSA) is 55.8 Å². The maximum Gasteiger partial charge on any atom is 0.191 e. The van der Waals surface area contributed by atoms with Crippen molar-refractivity contribution in [2.45, 2.75) is 46.1 Å². The number of nitrogens with zero attached hydrogens (tertiary/aromatic N) is 4. The van der Waals surface area contributed by atoms with Crippen molar-refractivity contribution in [1.29, 1.82) is 0 Å². The van der Waals surface area contributed by atoms with Crippen molar-refractivity contribution in [2.24, 2.45) is 16.3 Å². The van der Waals surface area contributed by atoms with Crippen LogP contribution in [-0.4, -0.2) is 62.7 Å². The lowest BCUT2D eigenvalue weighted by Crippen LogP contribution is -2.46. The summed E-state index contributed by atoms with van der Waals surface area (Å²) in [4.78, 5) is 13.8. The van der Waals surface area contributed by atoms with E-state index in [9.17, 15) is 0 Å². The summed E-state index contributed by atoms with van der Waals surface area (Å²) in [5.74, 6) is 2.72. The predicted octanol–water partition coefficient (Wildman–Crippen LogP) is 2.71. The number of aromatic nitrogens is 1. The van der Waals surface area contributed by atoms with E-state index in [2.05, 4.69) is 63.4 Å². The molecule has 2 fully saturated rings. The molecule has 0 unspecified atom stereocenters. The van der Waals surface area contributed by atoms with Crippen LogP contribution in [0.4, 0.5) is 5.82 Å². The highest BCUT2D eigenvalue weighted by Gasteiger charge is 2.37. The molecule has 6 nitrogen and oxygen atoms in total. The summed E-state index contributed by atoms with van der Waals surface area (Å²) in [5, 5.41) is 7.00. The van der Waals surface area contributed by atoms with Crippen LogP contribution in [0.2, 0.25) is 0 Å². The number of rotatable bonds is 7. The molecule has 0 aromatic carbocycles. The Morgan fingerprint density at radius 3 is 2.46 bits per heavy atom. The zero-order valence-corrected chi connectivity index (χ0v) is 18.2. The minimum absolute atomic E-state index is 0.470. The average Bonchev–Trinajstić information content (AvgIpc) is 2.66. The van der Waals surface area contributed by atoms with E-state index < -0.39 is 0 Å². The van der Waals surface area contributed by atoms with E-state index in [-0.39, 0.29) is 0 Å². The van der Waals surface area contributed by atoms with Gasteiger partial charge in [0.05, 0.1) is 0 Å². The fourth-order valence-corrected chi connectivity index (χ4v) is 4.42. The number of aliphatic imine (C=N–C) groups is 1. The molecule has 1 aliphatic carbocycles. The molecule has 0 amide bonds. The summed E-state index contributed by atoms with van der Waals surface area (Å²) in [6.45, 7) is 10.7. The number of anilines is 1. The molecule has 2 aliphatic rings. The molecule has 0 atom stereocenters. The molecule has 156 valence electrons. The van der Waals surface area contributed by atoms with Gasteiger partial charge in [0.15, 0.2) is 5.96 Å². The summed E-state index contributed by atoms with van der Waals surface area (Å²) in [7, 11) is 4.02. The number of hydrogen-bond acceptors (Lipinski definition) is 4.